The summed E-state index contributed by atoms with van der Waals surface area (Å²) >= 11 is 0. The SMILES string of the molecule is c1ccc(-c2ccc3ccc(N(c4ccccc4)c4ccc(-c5ccc6c(ccc7oc8ccccc8c76)c5)cc4)cc3c2)cc1. The average Bonchev–Trinajstić information content (AvgIpc) is 3.52. The highest BCUT2D eigenvalue weighted by Crippen LogP contribution is 2.39. The van der Waals surface area contributed by atoms with E-state index in [9.17, 15) is 0 Å². The maximum absolute atomic E-state index is 6.13. The molecule has 9 aromatic rings. The fraction of sp³-hybridized carbons (Fsp3) is 0. The van der Waals surface area contributed by atoms with Gasteiger partial charge >= 0.3 is 0 Å². The summed E-state index contributed by atoms with van der Waals surface area (Å²) in [4.78, 5) is 2.33. The van der Waals surface area contributed by atoms with Crippen LogP contribution in [-0.4, -0.2) is 0 Å². The topological polar surface area (TPSA) is 16.4 Å². The summed E-state index contributed by atoms with van der Waals surface area (Å²) in [6, 6.07) is 62.8. The second kappa shape index (κ2) is 10.8. The van der Waals surface area contributed by atoms with Gasteiger partial charge in [0.2, 0.25) is 0 Å². The van der Waals surface area contributed by atoms with Crippen molar-refractivity contribution in [3.05, 3.63) is 176 Å². The molecule has 0 saturated carbocycles. The molecular weight excluding hydrogens is 558 g/mol. The highest BCUT2D eigenvalue weighted by Gasteiger charge is 2.15. The van der Waals surface area contributed by atoms with Crippen molar-refractivity contribution >= 4 is 60.5 Å². The molecule has 9 rings (SSSR count). The van der Waals surface area contributed by atoms with E-state index in [1.54, 1.807) is 0 Å². The van der Waals surface area contributed by atoms with Gasteiger partial charge in [0, 0.05) is 27.8 Å². The zero-order valence-corrected chi connectivity index (χ0v) is 25.1. The minimum Gasteiger partial charge on any atom is -0.456 e. The number of furan rings is 1. The lowest BCUT2D eigenvalue weighted by molar-refractivity contribution is 0.669. The van der Waals surface area contributed by atoms with E-state index < -0.39 is 0 Å². The zero-order valence-electron chi connectivity index (χ0n) is 25.1. The molecule has 0 atom stereocenters. The summed E-state index contributed by atoms with van der Waals surface area (Å²) in [6.45, 7) is 0. The summed E-state index contributed by atoms with van der Waals surface area (Å²) < 4.78 is 6.13. The summed E-state index contributed by atoms with van der Waals surface area (Å²) in [6.07, 6.45) is 0. The Labute approximate surface area is 267 Å². The number of hydrogen-bond acceptors (Lipinski definition) is 2. The van der Waals surface area contributed by atoms with Gasteiger partial charge < -0.3 is 9.32 Å². The molecule has 0 unspecified atom stereocenters. The van der Waals surface area contributed by atoms with E-state index in [0.717, 1.165) is 33.6 Å². The lowest BCUT2D eigenvalue weighted by Gasteiger charge is -2.26. The van der Waals surface area contributed by atoms with E-state index in [-0.39, 0.29) is 0 Å². The number of fused-ring (bicyclic) bond motifs is 6. The number of hydrogen-bond donors (Lipinski definition) is 0. The van der Waals surface area contributed by atoms with Crippen molar-refractivity contribution in [2.45, 2.75) is 0 Å². The van der Waals surface area contributed by atoms with Gasteiger partial charge in [0.05, 0.1) is 0 Å². The Balaban J connectivity index is 1.11. The predicted molar refractivity (Wildman–Crippen MR) is 194 cm³/mol. The summed E-state index contributed by atoms with van der Waals surface area (Å²) in [5.41, 5.74) is 10.0. The van der Waals surface area contributed by atoms with Crippen LogP contribution in [0.2, 0.25) is 0 Å². The molecule has 0 N–H and O–H groups in total. The Morgan fingerprint density at radius 1 is 0.326 bits per heavy atom. The van der Waals surface area contributed by atoms with Crippen LogP contribution in [0.4, 0.5) is 17.1 Å². The molecule has 2 heteroatoms. The molecule has 0 aliphatic carbocycles. The molecule has 0 spiro atoms. The largest absolute Gasteiger partial charge is 0.456 e. The van der Waals surface area contributed by atoms with E-state index in [0.29, 0.717) is 0 Å². The molecule has 0 radical (unpaired) electrons. The molecular formula is C44H29NO. The first-order valence-corrected chi connectivity index (χ1v) is 15.7. The number of rotatable bonds is 5. The van der Waals surface area contributed by atoms with E-state index >= 15 is 0 Å². The Bertz CT molecular complexity index is 2510. The van der Waals surface area contributed by atoms with Gasteiger partial charge in [-0.2, -0.15) is 0 Å². The van der Waals surface area contributed by atoms with Crippen molar-refractivity contribution < 1.29 is 4.42 Å². The molecule has 0 fully saturated rings. The van der Waals surface area contributed by atoms with Gasteiger partial charge in [0.1, 0.15) is 11.2 Å². The highest BCUT2D eigenvalue weighted by molar-refractivity contribution is 6.19. The molecule has 2 nitrogen and oxygen atoms in total. The van der Waals surface area contributed by atoms with Crippen LogP contribution in [0.15, 0.2) is 180 Å². The van der Waals surface area contributed by atoms with E-state index in [2.05, 4.69) is 169 Å². The number of anilines is 3. The van der Waals surface area contributed by atoms with Gasteiger partial charge in [-0.1, -0.05) is 115 Å². The molecule has 1 heterocycles. The summed E-state index contributed by atoms with van der Waals surface area (Å²) in [5.74, 6) is 0. The Morgan fingerprint density at radius 2 is 0.913 bits per heavy atom. The monoisotopic (exact) mass is 587 g/mol. The first kappa shape index (κ1) is 26.3. The van der Waals surface area contributed by atoms with Crippen LogP contribution < -0.4 is 4.90 Å². The second-order valence-electron chi connectivity index (χ2n) is 11.8. The van der Waals surface area contributed by atoms with Crippen molar-refractivity contribution in [1.82, 2.24) is 0 Å². The number of para-hydroxylation sites is 2. The van der Waals surface area contributed by atoms with Crippen molar-refractivity contribution in [1.29, 1.82) is 0 Å². The standard InChI is InChI=1S/C44H29NO/c1-3-9-30(10-4-1)33-16-15-32-19-24-39(29-36(32)28-33)45(37-11-5-2-6-12-37)38-22-17-31(18-23-38)34-20-25-40-35(27-34)21-26-43-44(40)41-13-7-8-14-42(41)46-43/h1-29H. The van der Waals surface area contributed by atoms with Gasteiger partial charge in [-0.25, -0.2) is 0 Å². The van der Waals surface area contributed by atoms with Crippen molar-refractivity contribution in [2.75, 3.05) is 4.90 Å². The Hall–Kier alpha value is -6.12. The van der Waals surface area contributed by atoms with Crippen LogP contribution in [-0.2, 0) is 0 Å². The van der Waals surface area contributed by atoms with Crippen LogP contribution in [0.25, 0.3) is 65.7 Å². The quantitative estimate of drug-likeness (QED) is 0.199. The minimum atomic E-state index is 0.927. The second-order valence-corrected chi connectivity index (χ2v) is 11.8. The smallest absolute Gasteiger partial charge is 0.136 e. The van der Waals surface area contributed by atoms with Gasteiger partial charge in [-0.15, -0.1) is 0 Å². The third-order valence-corrected chi connectivity index (χ3v) is 9.02. The molecule has 0 amide bonds. The number of nitrogens with zero attached hydrogens (tertiary/aromatic N) is 1. The van der Waals surface area contributed by atoms with Gasteiger partial charge in [-0.05, 0) is 104 Å². The van der Waals surface area contributed by atoms with Crippen LogP contribution in [0, 0.1) is 0 Å². The van der Waals surface area contributed by atoms with Gasteiger partial charge in [0.25, 0.3) is 0 Å². The van der Waals surface area contributed by atoms with E-state index in [1.807, 2.05) is 12.1 Å². The lowest BCUT2D eigenvalue weighted by Crippen LogP contribution is -2.09. The minimum absolute atomic E-state index is 0.927. The van der Waals surface area contributed by atoms with Crippen molar-refractivity contribution in [3.8, 4) is 22.3 Å². The number of benzene rings is 8. The molecule has 0 saturated heterocycles. The fourth-order valence-corrected chi connectivity index (χ4v) is 6.74. The fourth-order valence-electron chi connectivity index (χ4n) is 6.74. The third kappa shape index (κ3) is 4.51. The van der Waals surface area contributed by atoms with Gasteiger partial charge in [-0.3, -0.25) is 0 Å². The van der Waals surface area contributed by atoms with E-state index in [1.165, 1.54) is 49.2 Å². The maximum Gasteiger partial charge on any atom is 0.136 e. The predicted octanol–water partition coefficient (Wildman–Crippen LogP) is 12.7. The van der Waals surface area contributed by atoms with Crippen molar-refractivity contribution in [2.24, 2.45) is 0 Å². The molecule has 1 aromatic heterocycles. The van der Waals surface area contributed by atoms with Gasteiger partial charge in [0.15, 0.2) is 0 Å². The Morgan fingerprint density at radius 3 is 1.74 bits per heavy atom. The average molecular weight is 588 g/mol. The normalized spacial score (nSPS) is 11.5. The first-order chi connectivity index (χ1) is 22.8. The maximum atomic E-state index is 6.13. The van der Waals surface area contributed by atoms with Crippen LogP contribution in [0.3, 0.4) is 0 Å². The molecule has 46 heavy (non-hydrogen) atoms. The molecule has 8 aromatic carbocycles. The van der Waals surface area contributed by atoms with E-state index in [4.69, 9.17) is 4.42 Å². The highest BCUT2D eigenvalue weighted by atomic mass is 16.3. The first-order valence-electron chi connectivity index (χ1n) is 15.7. The summed E-state index contributed by atoms with van der Waals surface area (Å²) in [5, 5.41) is 7.20. The summed E-state index contributed by atoms with van der Waals surface area (Å²) in [7, 11) is 0. The van der Waals surface area contributed by atoms with Crippen LogP contribution >= 0.6 is 0 Å². The molecule has 0 bridgehead atoms. The molecule has 216 valence electrons. The Kier molecular flexibility index (Phi) is 6.17. The third-order valence-electron chi connectivity index (χ3n) is 9.02. The molecule has 0 aliphatic rings. The molecule has 0 aliphatic heterocycles. The lowest BCUT2D eigenvalue weighted by atomic mass is 9.98. The van der Waals surface area contributed by atoms with Crippen molar-refractivity contribution in [3.63, 3.8) is 0 Å². The van der Waals surface area contributed by atoms with Crippen LogP contribution in [0.5, 0.6) is 0 Å². The van der Waals surface area contributed by atoms with Crippen LogP contribution in [0.1, 0.15) is 0 Å². The zero-order chi connectivity index (χ0) is 30.5.